The molecule has 1 unspecified atom stereocenters. The smallest absolute Gasteiger partial charge is 0.182 e. The zero-order valence-electron chi connectivity index (χ0n) is 19.6. The molecule has 0 spiro atoms. The van der Waals surface area contributed by atoms with Crippen LogP contribution in [0.5, 0.6) is 0 Å². The SMILES string of the molecule is CC1(C(=N)Nc2ccc(F)cc2)CCN(c2nc3c(nc2CO)c(I)nn3C2CCCCO2)CC1. The first-order valence-corrected chi connectivity index (χ1v) is 13.0. The second-order valence-electron chi connectivity index (χ2n) is 9.44. The maximum Gasteiger partial charge on any atom is 0.182 e. The van der Waals surface area contributed by atoms with Crippen molar-refractivity contribution in [3.63, 3.8) is 0 Å². The number of amidine groups is 1. The number of nitrogens with zero attached hydrogens (tertiary/aromatic N) is 5. The molecule has 2 aliphatic rings. The van der Waals surface area contributed by atoms with E-state index in [1.807, 2.05) is 4.68 Å². The maximum absolute atomic E-state index is 13.2. The van der Waals surface area contributed by atoms with Gasteiger partial charge in [-0.25, -0.2) is 19.0 Å². The molecule has 1 atom stereocenters. The van der Waals surface area contributed by atoms with Crippen LogP contribution in [0.1, 0.15) is 50.9 Å². The van der Waals surface area contributed by atoms with Crippen LogP contribution >= 0.6 is 22.6 Å². The Morgan fingerprint density at radius 1 is 1.26 bits per heavy atom. The molecular formula is C24H29FIN7O2. The molecule has 0 saturated carbocycles. The van der Waals surface area contributed by atoms with E-state index in [1.54, 1.807) is 12.1 Å². The van der Waals surface area contributed by atoms with Gasteiger partial charge in [0.05, 0.1) is 6.61 Å². The molecule has 11 heteroatoms. The van der Waals surface area contributed by atoms with Crippen molar-refractivity contribution in [3.8, 4) is 0 Å². The number of fused-ring (bicyclic) bond motifs is 1. The fourth-order valence-electron chi connectivity index (χ4n) is 4.71. The molecule has 2 fully saturated rings. The van der Waals surface area contributed by atoms with Crippen LogP contribution in [0.4, 0.5) is 15.9 Å². The highest BCUT2D eigenvalue weighted by molar-refractivity contribution is 14.1. The molecule has 5 rings (SSSR count). The summed E-state index contributed by atoms with van der Waals surface area (Å²) in [6.07, 6.45) is 4.33. The van der Waals surface area contributed by atoms with Crippen LogP contribution in [0, 0.1) is 20.3 Å². The fraction of sp³-hybridized carbons (Fsp3) is 0.500. The monoisotopic (exact) mass is 593 g/mol. The molecule has 0 amide bonds. The number of aliphatic hydroxyl groups excluding tert-OH is 1. The quantitative estimate of drug-likeness (QED) is 0.228. The Kier molecular flexibility index (Phi) is 6.91. The van der Waals surface area contributed by atoms with Gasteiger partial charge in [-0.2, -0.15) is 5.10 Å². The Hall–Kier alpha value is -2.38. The molecule has 1 aromatic carbocycles. The minimum atomic E-state index is -0.352. The van der Waals surface area contributed by atoms with E-state index in [1.165, 1.54) is 12.1 Å². The average molecular weight is 593 g/mol. The lowest BCUT2D eigenvalue weighted by Gasteiger charge is -2.40. The number of hydrogen-bond acceptors (Lipinski definition) is 7. The Morgan fingerprint density at radius 3 is 2.66 bits per heavy atom. The highest BCUT2D eigenvalue weighted by Gasteiger charge is 2.36. The zero-order chi connectivity index (χ0) is 24.6. The van der Waals surface area contributed by atoms with Gasteiger partial charge in [-0.3, -0.25) is 5.41 Å². The van der Waals surface area contributed by atoms with Crippen LogP contribution < -0.4 is 10.2 Å². The lowest BCUT2D eigenvalue weighted by molar-refractivity contribution is -0.0372. The second kappa shape index (κ2) is 9.94. The van der Waals surface area contributed by atoms with Gasteiger partial charge in [-0.05, 0) is 79.0 Å². The highest BCUT2D eigenvalue weighted by Crippen LogP contribution is 2.36. The molecule has 0 bridgehead atoms. The summed E-state index contributed by atoms with van der Waals surface area (Å²) in [5.41, 5.74) is 2.23. The van der Waals surface area contributed by atoms with Gasteiger partial charge in [0, 0.05) is 30.8 Å². The summed E-state index contributed by atoms with van der Waals surface area (Å²) in [4.78, 5) is 11.8. The topological polar surface area (TPSA) is 112 Å². The Labute approximate surface area is 216 Å². The van der Waals surface area contributed by atoms with Crippen LogP contribution in [-0.4, -0.2) is 50.4 Å². The standard InChI is InChI=1S/C24H29FIN7O2/c1-24(23(27)28-16-7-5-15(25)6-8-16)9-11-32(12-10-24)21-17(14-34)29-19-20(26)31-33(22(19)30-21)18-4-2-3-13-35-18/h5-8,18,34H,2-4,9-14H2,1H3,(H2,27,28). The lowest BCUT2D eigenvalue weighted by atomic mass is 9.79. The van der Waals surface area contributed by atoms with E-state index in [0.29, 0.717) is 53.9 Å². The molecule has 2 aromatic heterocycles. The van der Waals surface area contributed by atoms with E-state index in [4.69, 9.17) is 20.1 Å². The Morgan fingerprint density at radius 2 is 2.00 bits per heavy atom. The summed E-state index contributed by atoms with van der Waals surface area (Å²) in [6, 6.07) is 6.05. The molecule has 0 radical (unpaired) electrons. The summed E-state index contributed by atoms with van der Waals surface area (Å²) >= 11 is 2.16. The van der Waals surface area contributed by atoms with Crippen molar-refractivity contribution in [1.82, 2.24) is 19.7 Å². The van der Waals surface area contributed by atoms with Gasteiger partial charge >= 0.3 is 0 Å². The number of anilines is 2. The number of halogens is 2. The van der Waals surface area contributed by atoms with Crippen molar-refractivity contribution >= 4 is 51.1 Å². The number of rotatable bonds is 5. The van der Waals surface area contributed by atoms with Crippen LogP contribution in [0.2, 0.25) is 0 Å². The van der Waals surface area contributed by atoms with E-state index in [0.717, 1.165) is 35.8 Å². The van der Waals surface area contributed by atoms with Gasteiger partial charge in [-0.1, -0.05) is 6.92 Å². The first-order chi connectivity index (χ1) is 16.9. The number of ether oxygens (including phenoxy) is 1. The molecule has 0 aliphatic carbocycles. The molecule has 186 valence electrons. The predicted molar refractivity (Wildman–Crippen MR) is 140 cm³/mol. The van der Waals surface area contributed by atoms with Crippen molar-refractivity contribution in [2.75, 3.05) is 29.9 Å². The second-order valence-corrected chi connectivity index (χ2v) is 10.5. The van der Waals surface area contributed by atoms with Crippen molar-refractivity contribution < 1.29 is 14.2 Å². The number of aromatic nitrogens is 4. The van der Waals surface area contributed by atoms with Gasteiger partial charge < -0.3 is 20.1 Å². The molecular weight excluding hydrogens is 564 g/mol. The summed E-state index contributed by atoms with van der Waals surface area (Å²) in [6.45, 7) is 3.91. The molecule has 3 aromatic rings. The molecule has 3 N–H and O–H groups in total. The van der Waals surface area contributed by atoms with Crippen LogP contribution in [0.3, 0.4) is 0 Å². The van der Waals surface area contributed by atoms with Crippen molar-refractivity contribution in [3.05, 3.63) is 39.5 Å². The van der Waals surface area contributed by atoms with Crippen molar-refractivity contribution in [2.24, 2.45) is 5.41 Å². The normalized spacial score (nSPS) is 20.2. The summed E-state index contributed by atoms with van der Waals surface area (Å²) < 4.78 is 21.8. The molecule has 4 heterocycles. The molecule has 2 aliphatic heterocycles. The van der Waals surface area contributed by atoms with E-state index >= 15 is 0 Å². The third-order valence-corrected chi connectivity index (χ3v) is 7.72. The van der Waals surface area contributed by atoms with Gasteiger partial charge in [0.1, 0.15) is 22.9 Å². The molecule has 35 heavy (non-hydrogen) atoms. The van der Waals surface area contributed by atoms with E-state index in [2.05, 4.69) is 44.8 Å². The number of nitrogens with one attached hydrogen (secondary N) is 2. The average Bonchev–Trinajstić information content (AvgIpc) is 3.21. The highest BCUT2D eigenvalue weighted by atomic mass is 127. The van der Waals surface area contributed by atoms with E-state index in [9.17, 15) is 9.50 Å². The first-order valence-electron chi connectivity index (χ1n) is 11.9. The van der Waals surface area contributed by atoms with Gasteiger partial charge in [-0.15, -0.1) is 0 Å². The summed E-state index contributed by atoms with van der Waals surface area (Å²) in [7, 11) is 0. The van der Waals surface area contributed by atoms with Gasteiger partial charge in [0.25, 0.3) is 0 Å². The zero-order valence-corrected chi connectivity index (χ0v) is 21.8. The van der Waals surface area contributed by atoms with Gasteiger partial charge in [0.2, 0.25) is 0 Å². The number of piperidine rings is 1. The molecule has 2 saturated heterocycles. The minimum absolute atomic E-state index is 0.153. The largest absolute Gasteiger partial charge is 0.390 e. The predicted octanol–water partition coefficient (Wildman–Crippen LogP) is 4.46. The third kappa shape index (κ3) is 4.85. The molecule has 9 nitrogen and oxygen atoms in total. The van der Waals surface area contributed by atoms with Gasteiger partial charge in [0.15, 0.2) is 21.4 Å². The Balaban J connectivity index is 1.36. The Bertz CT molecular complexity index is 1220. The summed E-state index contributed by atoms with van der Waals surface area (Å²) in [5, 5.41) is 26.5. The maximum atomic E-state index is 13.2. The van der Waals surface area contributed by atoms with E-state index in [-0.39, 0.29) is 24.1 Å². The first kappa shape index (κ1) is 24.3. The minimum Gasteiger partial charge on any atom is -0.390 e. The third-order valence-electron chi connectivity index (χ3n) is 7.00. The van der Waals surface area contributed by atoms with Crippen LogP contribution in [-0.2, 0) is 11.3 Å². The van der Waals surface area contributed by atoms with Crippen molar-refractivity contribution in [1.29, 1.82) is 5.41 Å². The van der Waals surface area contributed by atoms with Crippen LogP contribution in [0.15, 0.2) is 24.3 Å². The number of aliphatic hydroxyl groups is 1. The lowest BCUT2D eigenvalue weighted by Crippen LogP contribution is -2.45. The number of hydrogen-bond donors (Lipinski definition) is 3. The van der Waals surface area contributed by atoms with E-state index < -0.39 is 0 Å². The fourth-order valence-corrected chi connectivity index (χ4v) is 5.30. The summed E-state index contributed by atoms with van der Waals surface area (Å²) in [5.74, 6) is 0.772. The van der Waals surface area contributed by atoms with Crippen LogP contribution in [0.25, 0.3) is 11.2 Å². The van der Waals surface area contributed by atoms with Crippen molar-refractivity contribution in [2.45, 2.75) is 51.9 Å². The number of benzene rings is 1.